The van der Waals surface area contributed by atoms with Gasteiger partial charge in [0.1, 0.15) is 0 Å². The van der Waals surface area contributed by atoms with E-state index in [-0.39, 0.29) is 38.4 Å². The molecule has 1 N–H and O–H groups in total. The van der Waals surface area contributed by atoms with E-state index in [0.29, 0.717) is 12.1 Å². The molecule has 12 heteroatoms. The van der Waals surface area contributed by atoms with Gasteiger partial charge in [0.05, 0.1) is 15.4 Å². The molecule has 0 unspecified atom stereocenters. The summed E-state index contributed by atoms with van der Waals surface area (Å²) in [6.07, 6.45) is -2.97. The second kappa shape index (κ2) is 8.23. The van der Waals surface area contributed by atoms with Crippen molar-refractivity contribution < 1.29 is 27.8 Å². The lowest BCUT2D eigenvalue weighted by molar-refractivity contribution is -0.393. The highest BCUT2D eigenvalue weighted by Crippen LogP contribution is 2.44. The Kier molecular flexibility index (Phi) is 6.21. The standard InChI is InChI=1S/C16H17F3N4O5/c1-2-5-20-15(24)10-3-6-21(7-4-10)14-12(22(25)26)8-11(16(17,18)19)9-13(14)23(27)28/h2,8-10H,1,3-7H2,(H,20,24). The van der Waals surface area contributed by atoms with Crippen molar-refractivity contribution in [2.75, 3.05) is 24.5 Å². The van der Waals surface area contributed by atoms with Crippen molar-refractivity contribution in [2.45, 2.75) is 19.0 Å². The van der Waals surface area contributed by atoms with Gasteiger partial charge in [-0.1, -0.05) is 6.08 Å². The molecule has 0 atom stereocenters. The van der Waals surface area contributed by atoms with Crippen LogP contribution in [0.4, 0.5) is 30.2 Å². The van der Waals surface area contributed by atoms with Crippen molar-refractivity contribution in [2.24, 2.45) is 5.92 Å². The van der Waals surface area contributed by atoms with Gasteiger partial charge in [-0.2, -0.15) is 13.2 Å². The molecular formula is C16H17F3N4O5. The number of alkyl halides is 3. The van der Waals surface area contributed by atoms with Crippen molar-refractivity contribution in [3.05, 3.63) is 50.6 Å². The van der Waals surface area contributed by atoms with E-state index in [1.807, 2.05) is 0 Å². The lowest BCUT2D eigenvalue weighted by Gasteiger charge is -2.32. The summed E-state index contributed by atoms with van der Waals surface area (Å²) in [6.45, 7) is 3.86. The fourth-order valence-electron chi connectivity index (χ4n) is 3.05. The first-order valence-corrected chi connectivity index (χ1v) is 8.23. The van der Waals surface area contributed by atoms with E-state index in [2.05, 4.69) is 11.9 Å². The van der Waals surface area contributed by atoms with Crippen LogP contribution >= 0.6 is 0 Å². The molecule has 1 aromatic carbocycles. The van der Waals surface area contributed by atoms with Gasteiger partial charge >= 0.3 is 6.18 Å². The molecule has 0 radical (unpaired) electrons. The fraction of sp³-hybridized carbons (Fsp3) is 0.438. The van der Waals surface area contributed by atoms with Crippen LogP contribution in [0.15, 0.2) is 24.8 Å². The number of anilines is 1. The minimum absolute atomic E-state index is 0.0548. The molecule has 2 rings (SSSR count). The van der Waals surface area contributed by atoms with Crippen molar-refractivity contribution in [3.63, 3.8) is 0 Å². The average molecular weight is 402 g/mol. The molecule has 1 saturated heterocycles. The maximum absolute atomic E-state index is 13.0. The third-order valence-corrected chi connectivity index (χ3v) is 4.39. The number of hydrogen-bond donors (Lipinski definition) is 1. The molecule has 1 fully saturated rings. The van der Waals surface area contributed by atoms with Gasteiger partial charge in [-0.25, -0.2) is 0 Å². The minimum atomic E-state index is -4.97. The number of carbonyl (C=O) groups is 1. The zero-order valence-corrected chi connectivity index (χ0v) is 14.6. The van der Waals surface area contributed by atoms with Gasteiger partial charge in [0, 0.05) is 37.7 Å². The summed E-state index contributed by atoms with van der Waals surface area (Å²) in [6, 6.07) is 0.594. The Bertz CT molecular complexity index is 769. The number of amides is 1. The largest absolute Gasteiger partial charge is 0.416 e. The van der Waals surface area contributed by atoms with Gasteiger partial charge in [0.15, 0.2) is 5.69 Å². The van der Waals surface area contributed by atoms with Crippen molar-refractivity contribution in [3.8, 4) is 0 Å². The number of piperidine rings is 1. The Labute approximate surface area is 157 Å². The smallest absolute Gasteiger partial charge is 0.360 e. The monoisotopic (exact) mass is 402 g/mol. The van der Waals surface area contributed by atoms with Crippen LogP contribution in [0.1, 0.15) is 18.4 Å². The summed E-state index contributed by atoms with van der Waals surface area (Å²) in [5.74, 6) is -0.639. The summed E-state index contributed by atoms with van der Waals surface area (Å²) in [5, 5.41) is 25.3. The third kappa shape index (κ3) is 4.56. The zero-order valence-electron chi connectivity index (χ0n) is 14.6. The number of hydrogen-bond acceptors (Lipinski definition) is 6. The number of nitrogens with one attached hydrogen (secondary N) is 1. The number of rotatable bonds is 6. The minimum Gasteiger partial charge on any atom is -0.360 e. The van der Waals surface area contributed by atoms with Gasteiger partial charge in [-0.15, -0.1) is 6.58 Å². The first-order valence-electron chi connectivity index (χ1n) is 8.23. The van der Waals surface area contributed by atoms with Crippen molar-refractivity contribution in [1.29, 1.82) is 0 Å². The zero-order chi connectivity index (χ0) is 21.1. The molecule has 9 nitrogen and oxygen atoms in total. The van der Waals surface area contributed by atoms with Crippen LogP contribution in [0, 0.1) is 26.1 Å². The number of nitrogens with zero attached hydrogens (tertiary/aromatic N) is 3. The van der Waals surface area contributed by atoms with E-state index in [4.69, 9.17) is 0 Å². The molecule has 0 bridgehead atoms. The maximum atomic E-state index is 13.0. The van der Waals surface area contributed by atoms with Crippen LogP contribution in [-0.4, -0.2) is 35.4 Å². The number of benzene rings is 1. The first-order chi connectivity index (χ1) is 13.1. The molecule has 152 valence electrons. The third-order valence-electron chi connectivity index (χ3n) is 4.39. The van der Waals surface area contributed by atoms with Crippen LogP contribution in [-0.2, 0) is 11.0 Å². The van der Waals surface area contributed by atoms with E-state index >= 15 is 0 Å². The number of nitro groups is 2. The van der Waals surface area contributed by atoms with Crippen molar-refractivity contribution in [1.82, 2.24) is 5.32 Å². The molecule has 0 saturated carbocycles. The molecule has 1 amide bonds. The highest BCUT2D eigenvalue weighted by Gasteiger charge is 2.40. The number of nitro benzene ring substituents is 2. The van der Waals surface area contributed by atoms with Gasteiger partial charge < -0.3 is 10.2 Å². The summed E-state index contributed by atoms with van der Waals surface area (Å²) >= 11 is 0. The van der Waals surface area contributed by atoms with E-state index in [9.17, 15) is 38.2 Å². The summed E-state index contributed by atoms with van der Waals surface area (Å²) < 4.78 is 38.9. The molecule has 1 aliphatic rings. The van der Waals surface area contributed by atoms with Crippen LogP contribution in [0.5, 0.6) is 0 Å². The molecule has 1 aromatic rings. The predicted molar refractivity (Wildman–Crippen MR) is 92.9 cm³/mol. The van der Waals surface area contributed by atoms with E-state index in [1.165, 1.54) is 11.0 Å². The Balaban J connectivity index is 2.37. The quantitative estimate of drug-likeness (QED) is 0.444. The molecule has 0 aromatic heterocycles. The Morgan fingerprint density at radius 2 is 1.71 bits per heavy atom. The van der Waals surface area contributed by atoms with Gasteiger partial charge in [-0.05, 0) is 12.8 Å². The van der Waals surface area contributed by atoms with Gasteiger partial charge in [0.25, 0.3) is 11.4 Å². The Hall–Kier alpha value is -3.18. The first kappa shape index (κ1) is 21.1. The lowest BCUT2D eigenvalue weighted by Crippen LogP contribution is -2.41. The molecule has 0 spiro atoms. The van der Waals surface area contributed by atoms with Crippen LogP contribution in [0.3, 0.4) is 0 Å². The van der Waals surface area contributed by atoms with E-state index < -0.39 is 44.6 Å². The Morgan fingerprint density at radius 3 is 2.11 bits per heavy atom. The van der Waals surface area contributed by atoms with Crippen LogP contribution in [0.2, 0.25) is 0 Å². The lowest BCUT2D eigenvalue weighted by atomic mass is 9.95. The molecule has 0 aliphatic carbocycles. The fourth-order valence-corrected chi connectivity index (χ4v) is 3.05. The van der Waals surface area contributed by atoms with Gasteiger partial charge in [0.2, 0.25) is 5.91 Å². The Morgan fingerprint density at radius 1 is 1.21 bits per heavy atom. The predicted octanol–water partition coefficient (Wildman–Crippen LogP) is 3.04. The molecule has 1 heterocycles. The molecular weight excluding hydrogens is 385 g/mol. The van der Waals surface area contributed by atoms with Crippen molar-refractivity contribution >= 4 is 23.0 Å². The molecule has 28 heavy (non-hydrogen) atoms. The number of halogens is 3. The second-order valence-electron chi connectivity index (χ2n) is 6.17. The topological polar surface area (TPSA) is 119 Å². The highest BCUT2D eigenvalue weighted by atomic mass is 19.4. The van der Waals surface area contributed by atoms with Gasteiger partial charge in [-0.3, -0.25) is 25.0 Å². The highest BCUT2D eigenvalue weighted by molar-refractivity contribution is 5.80. The summed E-state index contributed by atoms with van der Waals surface area (Å²) in [7, 11) is 0. The number of carbonyl (C=O) groups excluding carboxylic acids is 1. The SMILES string of the molecule is C=CCNC(=O)C1CCN(c2c([N+](=O)[O-])cc(C(F)(F)F)cc2[N+](=O)[O-])CC1. The normalized spacial score (nSPS) is 15.2. The summed E-state index contributed by atoms with van der Waals surface area (Å²) in [5.41, 5.74) is -3.92. The maximum Gasteiger partial charge on any atom is 0.416 e. The summed E-state index contributed by atoms with van der Waals surface area (Å²) in [4.78, 5) is 33.8. The van der Waals surface area contributed by atoms with E-state index in [1.54, 1.807) is 0 Å². The average Bonchev–Trinajstić information content (AvgIpc) is 2.64. The second-order valence-corrected chi connectivity index (χ2v) is 6.17. The van der Waals surface area contributed by atoms with E-state index in [0.717, 1.165) is 0 Å². The van der Waals surface area contributed by atoms with Crippen LogP contribution in [0.25, 0.3) is 0 Å². The van der Waals surface area contributed by atoms with Crippen LogP contribution < -0.4 is 10.2 Å². The molecule has 1 aliphatic heterocycles.